The van der Waals surface area contributed by atoms with Crippen LogP contribution >= 0.6 is 0 Å². The van der Waals surface area contributed by atoms with Crippen molar-refractivity contribution in [2.24, 2.45) is 0 Å². The maximum absolute atomic E-state index is 14.8. The summed E-state index contributed by atoms with van der Waals surface area (Å²) in [6.45, 7) is 15.4. The third-order valence-corrected chi connectivity index (χ3v) is 7.66. The largest absolute Gasteiger partial charge is 0.360 e. The van der Waals surface area contributed by atoms with Crippen molar-refractivity contribution in [1.82, 2.24) is 4.98 Å². The van der Waals surface area contributed by atoms with Gasteiger partial charge in [0.2, 0.25) is 0 Å². The smallest absolute Gasteiger partial charge is 0.255 e. The first kappa shape index (κ1) is 36.5. The van der Waals surface area contributed by atoms with Gasteiger partial charge in [-0.15, -0.1) is 0 Å². The van der Waals surface area contributed by atoms with Gasteiger partial charge in [0, 0.05) is 40.6 Å². The molecule has 0 aliphatic carbocycles. The Balaban J connectivity index is 0.00000330. The van der Waals surface area contributed by atoms with Crippen molar-refractivity contribution in [3.8, 4) is 0 Å². The topological polar surface area (TPSA) is 56.9 Å². The number of carbonyl (C=O) groups excluding carboxylic acids is 1. The Hall–Kier alpha value is -3.74. The molecule has 44 heavy (non-hydrogen) atoms. The van der Waals surface area contributed by atoms with Gasteiger partial charge in [-0.2, -0.15) is 0 Å². The highest BCUT2D eigenvalue weighted by Gasteiger charge is 2.38. The molecule has 0 saturated heterocycles. The van der Waals surface area contributed by atoms with E-state index in [0.29, 0.717) is 35.3 Å². The minimum Gasteiger partial charge on any atom is -0.360 e. The van der Waals surface area contributed by atoms with E-state index in [-0.39, 0.29) is 18.1 Å². The molecule has 4 nitrogen and oxygen atoms in total. The molecule has 240 valence electrons. The zero-order valence-corrected chi connectivity index (χ0v) is 27.6. The number of hydrogen-bond donors (Lipinski definition) is 3. The Kier molecular flexibility index (Phi) is 14.5. The highest BCUT2D eigenvalue weighted by atomic mass is 19.3. The molecule has 1 aromatic heterocycles. The Morgan fingerprint density at radius 3 is 2.20 bits per heavy atom. The van der Waals surface area contributed by atoms with Crippen LogP contribution in [0.1, 0.15) is 119 Å². The van der Waals surface area contributed by atoms with Crippen LogP contribution in [0.5, 0.6) is 0 Å². The number of aromatic amines is 1. The second-order valence-electron chi connectivity index (χ2n) is 11.0. The highest BCUT2D eigenvalue weighted by Crippen LogP contribution is 2.40. The quantitative estimate of drug-likeness (QED) is 0.126. The summed E-state index contributed by atoms with van der Waals surface area (Å²) < 4.78 is 43.9. The fourth-order valence-corrected chi connectivity index (χ4v) is 5.05. The summed E-state index contributed by atoms with van der Waals surface area (Å²) in [6.07, 6.45) is 7.25. The minimum absolute atomic E-state index is 0.223. The van der Waals surface area contributed by atoms with Crippen LogP contribution in [0.15, 0.2) is 65.9 Å². The number of alkyl halides is 2. The maximum Gasteiger partial charge on any atom is 0.255 e. The zero-order chi connectivity index (χ0) is 32.9. The van der Waals surface area contributed by atoms with Crippen molar-refractivity contribution in [1.29, 1.82) is 0 Å². The molecule has 3 N–H and O–H groups in total. The highest BCUT2D eigenvalue weighted by molar-refractivity contribution is 6.06. The zero-order valence-electron chi connectivity index (χ0n) is 27.6. The number of rotatable bonds is 14. The molecule has 0 radical (unpaired) electrons. The van der Waals surface area contributed by atoms with E-state index in [9.17, 15) is 18.0 Å². The molecule has 2 aromatic carbocycles. The molecule has 3 rings (SSSR count). The van der Waals surface area contributed by atoms with Gasteiger partial charge in [0.15, 0.2) is 0 Å². The second kappa shape index (κ2) is 17.5. The van der Waals surface area contributed by atoms with Crippen molar-refractivity contribution >= 4 is 23.4 Å². The number of amides is 1. The summed E-state index contributed by atoms with van der Waals surface area (Å²) >= 11 is 0. The summed E-state index contributed by atoms with van der Waals surface area (Å²) in [5.41, 5.74) is 6.25. The summed E-state index contributed by atoms with van der Waals surface area (Å²) in [6, 6.07) is 13.1. The van der Waals surface area contributed by atoms with E-state index in [1.165, 1.54) is 13.0 Å². The molecular formula is C37H50F3N3O. The number of para-hydroxylation sites is 1. The van der Waals surface area contributed by atoms with Crippen LogP contribution in [0.25, 0.3) is 6.08 Å². The van der Waals surface area contributed by atoms with Crippen LogP contribution in [0, 0.1) is 12.7 Å². The number of anilines is 2. The molecule has 1 unspecified atom stereocenters. The first-order valence-corrected chi connectivity index (χ1v) is 15.9. The number of aromatic nitrogens is 1. The van der Waals surface area contributed by atoms with Crippen LogP contribution in [-0.4, -0.2) is 16.8 Å². The summed E-state index contributed by atoms with van der Waals surface area (Å²) in [5, 5.41) is 6.20. The number of H-pyrrole nitrogens is 1. The molecule has 0 saturated carbocycles. The Bertz CT molecular complexity index is 1400. The lowest BCUT2D eigenvalue weighted by Crippen LogP contribution is -2.25. The second-order valence-corrected chi connectivity index (χ2v) is 11.0. The maximum atomic E-state index is 14.8. The van der Waals surface area contributed by atoms with Gasteiger partial charge < -0.3 is 15.6 Å². The molecule has 0 fully saturated rings. The molecule has 1 heterocycles. The van der Waals surface area contributed by atoms with E-state index in [4.69, 9.17) is 0 Å². The van der Waals surface area contributed by atoms with Gasteiger partial charge >= 0.3 is 0 Å². The van der Waals surface area contributed by atoms with Gasteiger partial charge in [-0.05, 0) is 75.6 Å². The Morgan fingerprint density at radius 1 is 0.977 bits per heavy atom. The third-order valence-electron chi connectivity index (χ3n) is 7.66. The Labute approximate surface area is 262 Å². The van der Waals surface area contributed by atoms with E-state index in [1.807, 2.05) is 53.7 Å². The molecular weight excluding hydrogens is 559 g/mol. The normalized spacial score (nSPS) is 12.0. The third kappa shape index (κ3) is 9.63. The molecule has 1 amide bonds. The van der Waals surface area contributed by atoms with Crippen molar-refractivity contribution in [3.05, 3.63) is 99.8 Å². The van der Waals surface area contributed by atoms with Gasteiger partial charge in [-0.3, -0.25) is 4.79 Å². The fraction of sp³-hybridized carbons (Fsp3) is 0.432. The molecule has 7 heteroatoms. The predicted molar refractivity (Wildman–Crippen MR) is 180 cm³/mol. The average Bonchev–Trinajstić information content (AvgIpc) is 3.32. The molecule has 0 spiro atoms. The lowest BCUT2D eigenvalue weighted by molar-refractivity contribution is -0.0344. The molecule has 0 aliphatic heterocycles. The van der Waals surface area contributed by atoms with E-state index >= 15 is 0 Å². The standard InChI is InChI=1S/C35H44F3N3O.C2H6/c1-7-10-11-14-28(35(37,38)9-3)25-17-19-26(20-18-25)34(42)41-33-27(24(6)39-30(33)8-2)21-22-31(23(4)5)40-32-16-13-12-15-29(32)36;1-2/h12-13,15-22,28,39-40H,7-11,14H2,1-6H3,(H,41,42);1-2H3/b22-21-;. The SMILES string of the molecule is CC.CCCCCC(c1ccc(C(=O)Nc2c(CC)[nH]c(C)c2/C=C\C(Nc2ccccc2F)=C(C)C)cc1)C(F)(F)CC. The van der Waals surface area contributed by atoms with Gasteiger partial charge in [0.25, 0.3) is 11.8 Å². The fourth-order valence-electron chi connectivity index (χ4n) is 5.05. The number of nitrogens with one attached hydrogen (secondary N) is 3. The van der Waals surface area contributed by atoms with Gasteiger partial charge in [0.05, 0.1) is 11.4 Å². The van der Waals surface area contributed by atoms with Crippen molar-refractivity contribution < 1.29 is 18.0 Å². The Morgan fingerprint density at radius 2 is 1.64 bits per heavy atom. The van der Waals surface area contributed by atoms with Gasteiger partial charge in [-0.1, -0.05) is 83.7 Å². The summed E-state index contributed by atoms with van der Waals surface area (Å²) in [7, 11) is 0. The lowest BCUT2D eigenvalue weighted by Gasteiger charge is -2.26. The lowest BCUT2D eigenvalue weighted by atomic mass is 9.86. The number of hydrogen-bond acceptors (Lipinski definition) is 2. The van der Waals surface area contributed by atoms with Crippen molar-refractivity contribution in [2.45, 2.75) is 106 Å². The van der Waals surface area contributed by atoms with E-state index in [2.05, 4.69) is 22.5 Å². The van der Waals surface area contributed by atoms with Crippen LogP contribution in [0.4, 0.5) is 24.5 Å². The van der Waals surface area contributed by atoms with Gasteiger partial charge in [-0.25, -0.2) is 13.2 Å². The minimum atomic E-state index is -2.80. The number of unbranched alkanes of at least 4 members (excludes halogenated alkanes) is 2. The van der Waals surface area contributed by atoms with Crippen LogP contribution in [0.2, 0.25) is 0 Å². The van der Waals surface area contributed by atoms with Crippen molar-refractivity contribution in [2.75, 3.05) is 10.6 Å². The first-order valence-electron chi connectivity index (χ1n) is 15.9. The number of benzene rings is 2. The molecule has 1 atom stereocenters. The number of aryl methyl sites for hydroxylation is 2. The predicted octanol–water partition coefficient (Wildman–Crippen LogP) is 11.4. The monoisotopic (exact) mass is 609 g/mol. The number of halogens is 3. The van der Waals surface area contributed by atoms with Crippen molar-refractivity contribution in [3.63, 3.8) is 0 Å². The average molecular weight is 610 g/mol. The molecule has 0 aliphatic rings. The van der Waals surface area contributed by atoms with Crippen LogP contribution < -0.4 is 10.6 Å². The van der Waals surface area contributed by atoms with Crippen LogP contribution in [-0.2, 0) is 6.42 Å². The van der Waals surface area contributed by atoms with E-state index in [0.717, 1.165) is 47.5 Å². The van der Waals surface area contributed by atoms with Gasteiger partial charge in [0.1, 0.15) is 5.82 Å². The summed E-state index contributed by atoms with van der Waals surface area (Å²) in [4.78, 5) is 16.7. The first-order chi connectivity index (χ1) is 21.0. The molecule has 3 aromatic rings. The van der Waals surface area contributed by atoms with Crippen LogP contribution in [0.3, 0.4) is 0 Å². The number of allylic oxidation sites excluding steroid dienone is 2. The summed E-state index contributed by atoms with van der Waals surface area (Å²) in [5.74, 6) is -4.34. The molecule has 0 bridgehead atoms. The number of carbonyl (C=O) groups is 1. The van der Waals surface area contributed by atoms with E-state index < -0.39 is 11.8 Å². The van der Waals surface area contributed by atoms with E-state index in [1.54, 1.807) is 42.5 Å².